The first-order chi connectivity index (χ1) is 35.8. The number of amides is 2. The van der Waals surface area contributed by atoms with Gasteiger partial charge in [-0.15, -0.1) is 0 Å². The number of benzene rings is 2. The quantitative estimate of drug-likeness (QED) is 0.0777. The van der Waals surface area contributed by atoms with Crippen LogP contribution in [0.15, 0.2) is 48.5 Å². The summed E-state index contributed by atoms with van der Waals surface area (Å²) in [6, 6.07) is 10.3. The Balaban J connectivity index is 2.18. The Bertz CT molecular complexity index is 1950. The molecule has 2 aromatic carbocycles. The molecule has 1 saturated heterocycles. The molecule has 0 aliphatic carbocycles. The van der Waals surface area contributed by atoms with Crippen molar-refractivity contribution in [1.29, 1.82) is 0 Å². The molecule has 0 radical (unpaired) electrons. The van der Waals surface area contributed by atoms with Gasteiger partial charge in [0, 0.05) is 54.2 Å². The second-order valence-electron chi connectivity index (χ2n) is 22.1. The normalized spacial score (nSPS) is 24.2. The maximum absolute atomic E-state index is 14.9. The highest BCUT2D eigenvalue weighted by molar-refractivity contribution is 5.90. The van der Waals surface area contributed by atoms with Crippen molar-refractivity contribution < 1.29 is 66.7 Å². The summed E-state index contributed by atoms with van der Waals surface area (Å²) in [6.45, 7) is 20.7. The minimum absolute atomic E-state index is 0.00310. The Hall–Kier alpha value is -5.30. The van der Waals surface area contributed by atoms with Crippen LogP contribution in [0.3, 0.4) is 0 Å². The van der Waals surface area contributed by atoms with Gasteiger partial charge >= 0.3 is 23.9 Å². The number of ether oxygens (including phenoxy) is 8. The van der Waals surface area contributed by atoms with Gasteiger partial charge in [-0.2, -0.15) is 0 Å². The Morgan fingerprint density at radius 3 is 1.03 bits per heavy atom. The molecule has 0 N–H and O–H groups in total. The van der Waals surface area contributed by atoms with Crippen LogP contribution in [0.5, 0.6) is 11.5 Å². The number of hydrogen-bond acceptors (Lipinski definition) is 16. The average Bonchev–Trinajstić information content (AvgIpc) is 3.34. The molecule has 8 unspecified atom stereocenters. The predicted octanol–water partition coefficient (Wildman–Crippen LogP) is 6.66. The first kappa shape index (κ1) is 65.0. The fourth-order valence-corrected chi connectivity index (χ4v) is 9.13. The molecule has 1 heterocycles. The third-order valence-electron chi connectivity index (χ3n) is 13.2. The molecule has 0 bridgehead atoms. The van der Waals surface area contributed by atoms with Gasteiger partial charge in [-0.1, -0.05) is 79.7 Å². The van der Waals surface area contributed by atoms with E-state index in [1.165, 1.54) is 23.9 Å². The summed E-state index contributed by atoms with van der Waals surface area (Å²) < 4.78 is 46.6. The van der Waals surface area contributed by atoms with Gasteiger partial charge in [0.2, 0.25) is 0 Å². The van der Waals surface area contributed by atoms with Crippen LogP contribution in [0.25, 0.3) is 0 Å². The van der Waals surface area contributed by atoms with Crippen molar-refractivity contribution in [3.8, 4) is 11.5 Å². The van der Waals surface area contributed by atoms with Gasteiger partial charge in [0.05, 0.1) is 13.2 Å². The monoisotopic (exact) mass is 1070 g/mol. The lowest BCUT2D eigenvalue weighted by Crippen LogP contribution is -2.53. The molecule has 76 heavy (non-hydrogen) atoms. The van der Waals surface area contributed by atoms with Crippen LogP contribution in [0, 0.1) is 23.7 Å². The summed E-state index contributed by atoms with van der Waals surface area (Å²) in [4.78, 5) is 94.0. The number of nitrogens with zero attached hydrogens (tertiary/aromatic N) is 4. The zero-order valence-corrected chi connectivity index (χ0v) is 48.5. The minimum atomic E-state index is -1.36. The Morgan fingerprint density at radius 1 is 0.447 bits per heavy atom. The topological polar surface area (TPSA) is 189 Å². The fraction of sp³-hybridized carbons (Fsp3) is 0.690. The van der Waals surface area contributed by atoms with Crippen LogP contribution in [0.2, 0.25) is 0 Å². The number of likely N-dealkylation sites (N-methyl/N-ethyl adjacent to an activating group) is 4. The highest BCUT2D eigenvalue weighted by atomic mass is 16.6. The molecule has 18 nitrogen and oxygen atoms in total. The molecule has 1 aliphatic heterocycles. The molecule has 0 spiro atoms. The second-order valence-corrected chi connectivity index (χ2v) is 22.1. The molecule has 0 saturated carbocycles. The molecule has 1 fully saturated rings. The minimum Gasteiger partial charge on any atom is -0.491 e. The molecular weight excluding hydrogens is 977 g/mol. The van der Waals surface area contributed by atoms with E-state index in [1.807, 2.05) is 55.4 Å². The largest absolute Gasteiger partial charge is 0.491 e. The summed E-state index contributed by atoms with van der Waals surface area (Å²) in [5, 5.41) is 0. The van der Waals surface area contributed by atoms with Gasteiger partial charge in [0.15, 0.2) is 12.2 Å². The summed E-state index contributed by atoms with van der Waals surface area (Å²) in [5.41, 5.74) is 1.36. The Kier molecular flexibility index (Phi) is 27.7. The van der Waals surface area contributed by atoms with Crippen molar-refractivity contribution in [3.63, 3.8) is 0 Å². The van der Waals surface area contributed by atoms with E-state index in [2.05, 4.69) is 0 Å². The van der Waals surface area contributed by atoms with E-state index in [4.69, 9.17) is 37.9 Å². The van der Waals surface area contributed by atoms with Crippen LogP contribution in [-0.2, 0) is 70.0 Å². The molecule has 8 atom stereocenters. The van der Waals surface area contributed by atoms with Gasteiger partial charge in [-0.25, -0.2) is 9.59 Å². The molecule has 2 aromatic rings. The van der Waals surface area contributed by atoms with E-state index in [0.717, 1.165) is 0 Å². The van der Waals surface area contributed by atoms with Crippen molar-refractivity contribution >= 4 is 35.7 Å². The van der Waals surface area contributed by atoms with Crippen molar-refractivity contribution in [3.05, 3.63) is 59.7 Å². The zero-order valence-electron chi connectivity index (χ0n) is 48.5. The van der Waals surface area contributed by atoms with Crippen LogP contribution in [-0.4, -0.2) is 186 Å². The highest BCUT2D eigenvalue weighted by Gasteiger charge is 2.41. The lowest BCUT2D eigenvalue weighted by atomic mass is 10.00. The molecule has 1 aliphatic rings. The van der Waals surface area contributed by atoms with E-state index in [1.54, 1.807) is 100 Å². The summed E-state index contributed by atoms with van der Waals surface area (Å²) in [7, 11) is 9.66. The first-order valence-corrected chi connectivity index (χ1v) is 27.0. The van der Waals surface area contributed by atoms with E-state index in [0.29, 0.717) is 61.9 Å². The molecule has 3 rings (SSSR count). The summed E-state index contributed by atoms with van der Waals surface area (Å²) >= 11 is 0. The van der Waals surface area contributed by atoms with Crippen molar-refractivity contribution in [2.45, 2.75) is 156 Å². The highest BCUT2D eigenvalue weighted by Crippen LogP contribution is 2.25. The Morgan fingerprint density at radius 2 is 0.737 bits per heavy atom. The lowest BCUT2D eigenvalue weighted by molar-refractivity contribution is -0.171. The van der Waals surface area contributed by atoms with Gasteiger partial charge in [0.25, 0.3) is 11.8 Å². The number of esters is 4. The van der Waals surface area contributed by atoms with E-state index < -0.39 is 84.3 Å². The Labute approximate surface area is 453 Å². The number of carbonyl (C=O) groups is 6. The van der Waals surface area contributed by atoms with Crippen LogP contribution < -0.4 is 9.47 Å². The van der Waals surface area contributed by atoms with Crippen molar-refractivity contribution in [2.75, 3.05) is 81.9 Å². The second kappa shape index (κ2) is 32.4. The number of hydrogen-bond donors (Lipinski definition) is 0. The maximum atomic E-state index is 14.9. The van der Waals surface area contributed by atoms with Crippen LogP contribution in [0.4, 0.5) is 0 Å². The summed E-state index contributed by atoms with van der Waals surface area (Å²) in [6.07, 6.45) is -3.17. The maximum Gasteiger partial charge on any atom is 0.329 e. The molecule has 18 heteroatoms. The smallest absolute Gasteiger partial charge is 0.329 e. The standard InChI is InChI=1S/C58H92N4O14/c1-37(2)29-47-55(65)75-51(33-43-17-21-45(22-18-43)71-27-25-69-15)53(63)61(13)50(32-40(7)8)58(68)74-42(10)36-60(12)48(30-38(3)4)56(66)76-52(34-44-19-23-46(24-20-44)72-28-26-70-16)54(64)62(14)49(31-39(5)6)57(67)73-41(9)35-59(47)11/h17-24,37-42,47-52H,25-36H2,1-16H3. The average molecular weight is 1070 g/mol. The van der Waals surface area contributed by atoms with Crippen molar-refractivity contribution in [1.82, 2.24) is 19.6 Å². The first-order valence-electron chi connectivity index (χ1n) is 27.0. The molecule has 0 aromatic heterocycles. The molecule has 428 valence electrons. The third kappa shape index (κ3) is 21.6. The molecule has 2 amide bonds. The summed E-state index contributed by atoms with van der Waals surface area (Å²) in [5.74, 6) is -2.77. The van der Waals surface area contributed by atoms with Gasteiger partial charge in [-0.3, -0.25) is 29.0 Å². The van der Waals surface area contributed by atoms with Crippen LogP contribution >= 0.6 is 0 Å². The van der Waals surface area contributed by atoms with Crippen molar-refractivity contribution in [2.24, 2.45) is 23.7 Å². The van der Waals surface area contributed by atoms with E-state index in [9.17, 15) is 28.8 Å². The number of methoxy groups -OCH3 is 2. The van der Waals surface area contributed by atoms with Gasteiger partial charge in [-0.05, 0) is 113 Å². The zero-order chi connectivity index (χ0) is 56.8. The van der Waals surface area contributed by atoms with Crippen LogP contribution in [0.1, 0.15) is 106 Å². The van der Waals surface area contributed by atoms with Gasteiger partial charge in [0.1, 0.15) is 61.1 Å². The number of carbonyl (C=O) groups excluding carboxylic acids is 6. The third-order valence-corrected chi connectivity index (χ3v) is 13.2. The van der Waals surface area contributed by atoms with E-state index >= 15 is 0 Å². The molecular formula is C58H92N4O14. The number of rotatable bonds is 20. The fourth-order valence-electron chi connectivity index (χ4n) is 9.13. The SMILES string of the molecule is COCCOc1ccc(CC2OC(=O)C(CC(C)C)N(C)CC(C)OC(=O)C(CC(C)C)N(C)C(=O)C(Cc3ccc(OCCOC)cc3)OC(=O)C(CC(C)C)N(C)CC(C)OC(=O)C(CC(C)C)N(C)C2=O)cc1. The van der Waals surface area contributed by atoms with Gasteiger partial charge < -0.3 is 47.7 Å². The predicted molar refractivity (Wildman–Crippen MR) is 290 cm³/mol. The lowest BCUT2D eigenvalue weighted by Gasteiger charge is -2.35. The number of cyclic esters (lactones) is 4. The van der Waals surface area contributed by atoms with E-state index in [-0.39, 0.29) is 62.4 Å².